The van der Waals surface area contributed by atoms with E-state index in [1.807, 2.05) is 12.1 Å². The first-order chi connectivity index (χ1) is 8.65. The van der Waals surface area contributed by atoms with Crippen LogP contribution in [-0.4, -0.2) is 5.91 Å². The third kappa shape index (κ3) is 1.85. The van der Waals surface area contributed by atoms with Crippen LogP contribution in [0.15, 0.2) is 29.6 Å². The maximum Gasteiger partial charge on any atom is 0.232 e. The molecule has 1 aromatic carbocycles. The van der Waals surface area contributed by atoms with Gasteiger partial charge in [-0.05, 0) is 48.9 Å². The van der Waals surface area contributed by atoms with E-state index in [1.54, 1.807) is 11.3 Å². The third-order valence-corrected chi connectivity index (χ3v) is 4.56. The van der Waals surface area contributed by atoms with E-state index in [1.165, 1.54) is 16.0 Å². The highest BCUT2D eigenvalue weighted by Gasteiger charge is 2.31. The van der Waals surface area contributed by atoms with Gasteiger partial charge in [-0.2, -0.15) is 0 Å². The maximum atomic E-state index is 12.1. The topological polar surface area (TPSA) is 29.1 Å². The average Bonchev–Trinajstić information content (AvgIpc) is 2.86. The van der Waals surface area contributed by atoms with Crippen LogP contribution in [0.25, 0.3) is 0 Å². The molecule has 0 bridgehead atoms. The summed E-state index contributed by atoms with van der Waals surface area (Å²) in [6.07, 6.45) is 0.811. The fourth-order valence-corrected chi connectivity index (χ4v) is 3.40. The zero-order valence-corrected chi connectivity index (χ0v) is 11.3. The molecule has 92 valence electrons. The van der Waals surface area contributed by atoms with Crippen LogP contribution in [0.4, 0.5) is 5.69 Å². The van der Waals surface area contributed by atoms with Crippen molar-refractivity contribution in [2.45, 2.75) is 26.2 Å². The molecule has 3 heteroatoms. The standard InChI is InChI=1S/C15H15NOS/c1-9-3-4-13-11(7-9)12(15(17)16-13)8-14-10(2)5-6-18-14/h3-7,12H,8H2,1-2H3,(H,16,17)/t12-/m0/s1. The van der Waals surface area contributed by atoms with E-state index in [0.717, 1.165) is 17.7 Å². The number of hydrogen-bond donors (Lipinski definition) is 1. The predicted octanol–water partition coefficient (Wildman–Crippen LogP) is 3.64. The molecule has 1 aliphatic heterocycles. The van der Waals surface area contributed by atoms with E-state index in [4.69, 9.17) is 0 Å². The lowest BCUT2D eigenvalue weighted by atomic mass is 9.94. The van der Waals surface area contributed by atoms with E-state index in [-0.39, 0.29) is 11.8 Å². The Kier molecular flexibility index (Phi) is 2.71. The Balaban J connectivity index is 1.96. The molecule has 2 nitrogen and oxygen atoms in total. The van der Waals surface area contributed by atoms with Crippen molar-refractivity contribution in [1.29, 1.82) is 0 Å². The van der Waals surface area contributed by atoms with Crippen LogP contribution < -0.4 is 5.32 Å². The molecular formula is C15H15NOS. The minimum atomic E-state index is -0.0303. The van der Waals surface area contributed by atoms with Gasteiger partial charge in [-0.1, -0.05) is 17.7 Å². The van der Waals surface area contributed by atoms with Gasteiger partial charge in [0.1, 0.15) is 0 Å². The summed E-state index contributed by atoms with van der Waals surface area (Å²) in [6, 6.07) is 8.28. The monoisotopic (exact) mass is 257 g/mol. The molecule has 3 rings (SSSR count). The number of benzene rings is 1. The molecule has 1 N–H and O–H groups in total. The third-order valence-electron chi connectivity index (χ3n) is 3.51. The van der Waals surface area contributed by atoms with Gasteiger partial charge in [-0.15, -0.1) is 11.3 Å². The lowest BCUT2D eigenvalue weighted by molar-refractivity contribution is -0.117. The zero-order chi connectivity index (χ0) is 12.7. The molecular weight excluding hydrogens is 242 g/mol. The second kappa shape index (κ2) is 4.25. The SMILES string of the molecule is Cc1ccc2c(c1)[C@H](Cc1sccc1C)C(=O)N2. The van der Waals surface area contributed by atoms with Crippen LogP contribution in [-0.2, 0) is 11.2 Å². The molecule has 2 heterocycles. The minimum absolute atomic E-state index is 0.0303. The van der Waals surface area contributed by atoms with Crippen molar-refractivity contribution in [2.75, 3.05) is 5.32 Å². The van der Waals surface area contributed by atoms with Gasteiger partial charge < -0.3 is 5.32 Å². The van der Waals surface area contributed by atoms with Crippen molar-refractivity contribution < 1.29 is 4.79 Å². The number of amides is 1. The fourth-order valence-electron chi connectivity index (χ4n) is 2.45. The Morgan fingerprint density at radius 1 is 1.28 bits per heavy atom. The Labute approximate surface area is 111 Å². The number of thiophene rings is 1. The van der Waals surface area contributed by atoms with Crippen LogP contribution in [0.1, 0.15) is 27.5 Å². The van der Waals surface area contributed by atoms with Gasteiger partial charge >= 0.3 is 0 Å². The Morgan fingerprint density at radius 2 is 2.11 bits per heavy atom. The van der Waals surface area contributed by atoms with Crippen LogP contribution in [0, 0.1) is 13.8 Å². The second-order valence-electron chi connectivity index (χ2n) is 4.86. The number of fused-ring (bicyclic) bond motifs is 1. The first-order valence-corrected chi connectivity index (χ1v) is 6.97. The van der Waals surface area contributed by atoms with Crippen molar-refractivity contribution in [3.8, 4) is 0 Å². The number of nitrogens with one attached hydrogen (secondary N) is 1. The largest absolute Gasteiger partial charge is 0.325 e. The molecule has 0 aliphatic carbocycles. The lowest BCUT2D eigenvalue weighted by Crippen LogP contribution is -2.14. The van der Waals surface area contributed by atoms with Crippen LogP contribution >= 0.6 is 11.3 Å². The van der Waals surface area contributed by atoms with E-state index >= 15 is 0 Å². The highest BCUT2D eigenvalue weighted by atomic mass is 32.1. The molecule has 1 amide bonds. The number of aryl methyl sites for hydroxylation is 2. The van der Waals surface area contributed by atoms with Gasteiger partial charge in [-0.25, -0.2) is 0 Å². The highest BCUT2D eigenvalue weighted by molar-refractivity contribution is 7.10. The smallest absolute Gasteiger partial charge is 0.232 e. The summed E-state index contributed by atoms with van der Waals surface area (Å²) in [5.41, 5.74) is 4.62. The molecule has 0 saturated carbocycles. The first-order valence-electron chi connectivity index (χ1n) is 6.09. The molecule has 0 saturated heterocycles. The molecule has 1 aromatic heterocycles. The molecule has 0 radical (unpaired) electrons. The fraction of sp³-hybridized carbons (Fsp3) is 0.267. The maximum absolute atomic E-state index is 12.1. The van der Waals surface area contributed by atoms with E-state index in [0.29, 0.717) is 0 Å². The number of rotatable bonds is 2. The van der Waals surface area contributed by atoms with E-state index in [9.17, 15) is 4.79 Å². The van der Waals surface area contributed by atoms with Crippen molar-refractivity contribution in [1.82, 2.24) is 0 Å². The van der Waals surface area contributed by atoms with Crippen molar-refractivity contribution >= 4 is 22.9 Å². The van der Waals surface area contributed by atoms with E-state index < -0.39 is 0 Å². The van der Waals surface area contributed by atoms with Crippen molar-refractivity contribution in [3.63, 3.8) is 0 Å². The number of carbonyl (C=O) groups excluding carboxylic acids is 1. The quantitative estimate of drug-likeness (QED) is 0.874. The van der Waals surface area contributed by atoms with Gasteiger partial charge in [0.25, 0.3) is 0 Å². The Hall–Kier alpha value is -1.61. The summed E-state index contributed by atoms with van der Waals surface area (Å²) in [4.78, 5) is 13.4. The summed E-state index contributed by atoms with van der Waals surface area (Å²) in [5, 5.41) is 5.06. The lowest BCUT2D eigenvalue weighted by Gasteiger charge is -2.08. The van der Waals surface area contributed by atoms with Gasteiger partial charge in [0, 0.05) is 10.6 Å². The van der Waals surface area contributed by atoms with Gasteiger partial charge in [-0.3, -0.25) is 4.79 Å². The summed E-state index contributed by atoms with van der Waals surface area (Å²) < 4.78 is 0. The highest BCUT2D eigenvalue weighted by Crippen LogP contribution is 2.36. The summed E-state index contributed by atoms with van der Waals surface area (Å²) in [7, 11) is 0. The van der Waals surface area contributed by atoms with Crippen molar-refractivity contribution in [2.24, 2.45) is 0 Å². The van der Waals surface area contributed by atoms with Crippen LogP contribution in [0.2, 0.25) is 0 Å². The zero-order valence-electron chi connectivity index (χ0n) is 10.5. The molecule has 0 unspecified atom stereocenters. The molecule has 1 atom stereocenters. The summed E-state index contributed by atoms with van der Waals surface area (Å²) in [5.74, 6) is 0.0978. The average molecular weight is 257 g/mol. The predicted molar refractivity (Wildman–Crippen MR) is 75.3 cm³/mol. The number of hydrogen-bond acceptors (Lipinski definition) is 2. The first kappa shape index (κ1) is 11.5. The normalized spacial score (nSPS) is 17.7. The molecule has 18 heavy (non-hydrogen) atoms. The Bertz CT molecular complexity index is 615. The van der Waals surface area contributed by atoms with Crippen LogP contribution in [0.3, 0.4) is 0 Å². The van der Waals surface area contributed by atoms with Gasteiger partial charge in [0.05, 0.1) is 5.92 Å². The van der Waals surface area contributed by atoms with E-state index in [2.05, 4.69) is 36.7 Å². The molecule has 2 aromatic rings. The summed E-state index contributed by atoms with van der Waals surface area (Å²) in [6.45, 7) is 4.17. The molecule has 1 aliphatic rings. The number of anilines is 1. The van der Waals surface area contributed by atoms with Gasteiger partial charge in [0.15, 0.2) is 0 Å². The van der Waals surface area contributed by atoms with Gasteiger partial charge in [0.2, 0.25) is 5.91 Å². The van der Waals surface area contributed by atoms with Crippen molar-refractivity contribution in [3.05, 3.63) is 51.2 Å². The molecule has 0 spiro atoms. The van der Waals surface area contributed by atoms with Crippen LogP contribution in [0.5, 0.6) is 0 Å². The summed E-state index contributed by atoms with van der Waals surface area (Å²) >= 11 is 1.74. The number of carbonyl (C=O) groups is 1. The molecule has 0 fully saturated rings. The second-order valence-corrected chi connectivity index (χ2v) is 5.86. The minimum Gasteiger partial charge on any atom is -0.325 e. The Morgan fingerprint density at radius 3 is 2.83 bits per heavy atom.